The van der Waals surface area contributed by atoms with Gasteiger partial charge in [-0.05, 0) is 26.2 Å². The molecule has 0 fully saturated rings. The number of carbonyl (C=O) groups is 3. The fourth-order valence-corrected chi connectivity index (χ4v) is 1.40. The Bertz CT molecular complexity index is 254. The minimum atomic E-state index is -0.600. The lowest BCUT2D eigenvalue weighted by Crippen LogP contribution is -2.40. The van der Waals surface area contributed by atoms with Crippen molar-refractivity contribution in [3.05, 3.63) is 0 Å². The van der Waals surface area contributed by atoms with Gasteiger partial charge < -0.3 is 20.6 Å². The van der Waals surface area contributed by atoms with Crippen LogP contribution >= 0.6 is 0 Å². The summed E-state index contributed by atoms with van der Waals surface area (Å²) in [6.07, 6.45) is 4.69. The number of amides is 1. The minimum absolute atomic E-state index is 0.199. The van der Waals surface area contributed by atoms with Crippen LogP contribution in [0.1, 0.15) is 45.4 Å². The molecule has 3 N–H and O–H groups in total. The van der Waals surface area contributed by atoms with Crippen molar-refractivity contribution in [3.63, 3.8) is 0 Å². The maximum Gasteiger partial charge on any atom is 0.236 e. The topological polar surface area (TPSA) is 89.3 Å². The van der Waals surface area contributed by atoms with E-state index in [1.54, 1.807) is 6.92 Å². The average molecular weight is 242 g/mol. The molecular weight excluding hydrogens is 220 g/mol. The first-order chi connectivity index (χ1) is 8.07. The third kappa shape index (κ3) is 9.68. The Hall–Kier alpha value is -1.23. The molecule has 1 unspecified atom stereocenters. The van der Waals surface area contributed by atoms with Crippen molar-refractivity contribution in [2.24, 2.45) is 5.73 Å². The molecule has 1 atom stereocenters. The lowest BCUT2D eigenvalue weighted by atomic mass is 10.1. The Morgan fingerprint density at radius 3 is 2.59 bits per heavy atom. The van der Waals surface area contributed by atoms with Gasteiger partial charge >= 0.3 is 0 Å². The van der Waals surface area contributed by atoms with Gasteiger partial charge in [0.2, 0.25) is 5.91 Å². The van der Waals surface area contributed by atoms with Crippen LogP contribution in [-0.4, -0.2) is 30.6 Å². The van der Waals surface area contributed by atoms with E-state index in [1.807, 2.05) is 0 Å². The number of unbranched alkanes of at least 4 members (excludes halogenated alkanes) is 2. The smallest absolute Gasteiger partial charge is 0.236 e. The zero-order valence-corrected chi connectivity index (χ0v) is 10.4. The number of nitrogens with two attached hydrogens (primary N) is 1. The summed E-state index contributed by atoms with van der Waals surface area (Å²) in [5.74, 6) is -0.0108. The fraction of sp³-hybridized carbons (Fsp3) is 0.750. The van der Waals surface area contributed by atoms with Gasteiger partial charge in [-0.3, -0.25) is 4.79 Å². The van der Waals surface area contributed by atoms with Crippen molar-refractivity contribution in [3.8, 4) is 0 Å². The summed E-state index contributed by atoms with van der Waals surface area (Å²) in [7, 11) is 0. The predicted molar refractivity (Wildman–Crippen MR) is 65.4 cm³/mol. The molecule has 0 aromatic heterocycles. The molecule has 98 valence electrons. The van der Waals surface area contributed by atoms with E-state index < -0.39 is 6.04 Å². The van der Waals surface area contributed by atoms with Gasteiger partial charge in [-0.25, -0.2) is 0 Å². The lowest BCUT2D eigenvalue weighted by Gasteiger charge is -2.10. The quantitative estimate of drug-likeness (QED) is 0.432. The van der Waals surface area contributed by atoms with Gasteiger partial charge in [0.1, 0.15) is 12.1 Å². The van der Waals surface area contributed by atoms with Gasteiger partial charge in [0.05, 0.1) is 6.04 Å². The normalized spacial score (nSPS) is 11.9. The summed E-state index contributed by atoms with van der Waals surface area (Å²) < 4.78 is 0. The van der Waals surface area contributed by atoms with Crippen LogP contribution in [0.2, 0.25) is 0 Å². The molecule has 0 aliphatic carbocycles. The monoisotopic (exact) mass is 242 g/mol. The van der Waals surface area contributed by atoms with E-state index in [1.165, 1.54) is 0 Å². The van der Waals surface area contributed by atoms with Crippen molar-refractivity contribution in [2.45, 2.75) is 51.5 Å². The van der Waals surface area contributed by atoms with Crippen molar-refractivity contribution < 1.29 is 14.4 Å². The number of Topliss-reactive ketones (excluding diaryl/α,β-unsaturated/α-hetero) is 1. The second-order valence-electron chi connectivity index (χ2n) is 4.15. The van der Waals surface area contributed by atoms with Crippen LogP contribution in [-0.2, 0) is 14.4 Å². The van der Waals surface area contributed by atoms with Crippen molar-refractivity contribution >= 4 is 18.0 Å². The molecule has 0 aromatic carbocycles. The maximum atomic E-state index is 11.4. The summed E-state index contributed by atoms with van der Waals surface area (Å²) in [5, 5.41) is 2.71. The Balaban J connectivity index is 3.44. The number of hydrogen-bond donors (Lipinski definition) is 2. The van der Waals surface area contributed by atoms with Gasteiger partial charge in [0, 0.05) is 19.4 Å². The molecule has 5 nitrogen and oxygen atoms in total. The van der Waals surface area contributed by atoms with Crippen molar-refractivity contribution in [1.29, 1.82) is 0 Å². The fourth-order valence-electron chi connectivity index (χ4n) is 1.40. The SMILES string of the molecule is CC(=O)CCCCCNC(=O)C(N)CCC=O. The second-order valence-corrected chi connectivity index (χ2v) is 4.15. The van der Waals surface area contributed by atoms with Crippen molar-refractivity contribution in [2.75, 3.05) is 6.54 Å². The molecule has 0 saturated carbocycles. The Morgan fingerprint density at radius 1 is 1.29 bits per heavy atom. The molecule has 0 heterocycles. The van der Waals surface area contributed by atoms with Crippen LogP contribution in [0.5, 0.6) is 0 Å². The zero-order chi connectivity index (χ0) is 13.1. The third-order valence-corrected chi connectivity index (χ3v) is 2.44. The highest BCUT2D eigenvalue weighted by atomic mass is 16.2. The number of aldehydes is 1. The molecule has 0 bridgehead atoms. The summed E-state index contributed by atoms with van der Waals surface area (Å²) in [5.41, 5.74) is 5.57. The molecule has 17 heavy (non-hydrogen) atoms. The highest BCUT2D eigenvalue weighted by molar-refractivity contribution is 5.81. The first-order valence-corrected chi connectivity index (χ1v) is 6.04. The molecule has 0 spiro atoms. The van der Waals surface area contributed by atoms with E-state index in [0.29, 0.717) is 25.8 Å². The van der Waals surface area contributed by atoms with Crippen LogP contribution in [0.4, 0.5) is 0 Å². The summed E-state index contributed by atoms with van der Waals surface area (Å²) in [6.45, 7) is 2.15. The van der Waals surface area contributed by atoms with E-state index >= 15 is 0 Å². The summed E-state index contributed by atoms with van der Waals surface area (Å²) in [4.78, 5) is 32.1. The van der Waals surface area contributed by atoms with E-state index in [4.69, 9.17) is 5.73 Å². The van der Waals surface area contributed by atoms with Crippen molar-refractivity contribution in [1.82, 2.24) is 5.32 Å². The minimum Gasteiger partial charge on any atom is -0.355 e. The molecule has 1 amide bonds. The number of carbonyl (C=O) groups excluding carboxylic acids is 3. The first-order valence-electron chi connectivity index (χ1n) is 6.04. The van der Waals surface area contributed by atoms with Gasteiger partial charge in [0.25, 0.3) is 0 Å². The average Bonchev–Trinajstić information content (AvgIpc) is 2.29. The summed E-state index contributed by atoms with van der Waals surface area (Å²) in [6, 6.07) is -0.600. The van der Waals surface area contributed by atoms with Crippen LogP contribution in [0, 0.1) is 0 Å². The Labute approximate surface area is 102 Å². The van der Waals surface area contributed by atoms with Crippen LogP contribution in [0.3, 0.4) is 0 Å². The molecular formula is C12H22N2O3. The van der Waals surface area contributed by atoms with E-state index in [-0.39, 0.29) is 11.7 Å². The largest absolute Gasteiger partial charge is 0.355 e. The van der Waals surface area contributed by atoms with Gasteiger partial charge in [0.15, 0.2) is 0 Å². The van der Waals surface area contributed by atoms with Gasteiger partial charge in [-0.15, -0.1) is 0 Å². The molecule has 0 aliphatic rings. The molecule has 0 radical (unpaired) electrons. The van der Waals surface area contributed by atoms with E-state index in [0.717, 1.165) is 25.5 Å². The first kappa shape index (κ1) is 15.8. The van der Waals surface area contributed by atoms with E-state index in [2.05, 4.69) is 5.32 Å². The molecule has 0 aromatic rings. The van der Waals surface area contributed by atoms with E-state index in [9.17, 15) is 14.4 Å². The summed E-state index contributed by atoms with van der Waals surface area (Å²) >= 11 is 0. The molecule has 5 heteroatoms. The van der Waals surface area contributed by atoms with Crippen LogP contribution < -0.4 is 11.1 Å². The van der Waals surface area contributed by atoms with Crippen LogP contribution in [0.15, 0.2) is 0 Å². The number of rotatable bonds is 10. The third-order valence-electron chi connectivity index (χ3n) is 2.44. The second kappa shape index (κ2) is 9.96. The predicted octanol–water partition coefficient (Wildman–Crippen LogP) is 0.558. The molecule has 0 saturated heterocycles. The maximum absolute atomic E-state index is 11.4. The highest BCUT2D eigenvalue weighted by Crippen LogP contribution is 1.99. The molecule has 0 rings (SSSR count). The Kier molecular flexibility index (Phi) is 9.24. The number of nitrogens with one attached hydrogen (secondary N) is 1. The number of ketones is 1. The Morgan fingerprint density at radius 2 is 2.00 bits per heavy atom. The number of hydrogen-bond acceptors (Lipinski definition) is 4. The standard InChI is InChI=1S/C12H22N2O3/c1-10(16)6-3-2-4-8-14-12(17)11(13)7-5-9-15/h9,11H,2-8,13H2,1H3,(H,14,17). The van der Waals surface area contributed by atoms with Crippen LogP contribution in [0.25, 0.3) is 0 Å². The van der Waals surface area contributed by atoms with Gasteiger partial charge in [-0.2, -0.15) is 0 Å². The zero-order valence-electron chi connectivity index (χ0n) is 10.4. The highest BCUT2D eigenvalue weighted by Gasteiger charge is 2.11. The molecule has 0 aliphatic heterocycles. The van der Waals surface area contributed by atoms with Gasteiger partial charge in [-0.1, -0.05) is 6.42 Å². The lowest BCUT2D eigenvalue weighted by molar-refractivity contribution is -0.122.